The highest BCUT2D eigenvalue weighted by atomic mass is 127. The predicted octanol–water partition coefficient (Wildman–Crippen LogP) is 3.48. The number of benzene rings is 1. The fourth-order valence-corrected chi connectivity index (χ4v) is 3.46. The Kier molecular flexibility index (Phi) is 8.49. The Labute approximate surface area is 184 Å². The van der Waals surface area contributed by atoms with Gasteiger partial charge in [-0.2, -0.15) is 5.10 Å². The summed E-state index contributed by atoms with van der Waals surface area (Å²) in [5, 5.41) is 7.55. The van der Waals surface area contributed by atoms with Gasteiger partial charge in [0.15, 0.2) is 5.96 Å². The normalized spacial score (nSPS) is 17.6. The van der Waals surface area contributed by atoms with Gasteiger partial charge in [-0.1, -0.05) is 15.9 Å². The number of nitrogens with zero attached hydrogens (tertiary/aromatic N) is 4. The van der Waals surface area contributed by atoms with E-state index < -0.39 is 0 Å². The molecule has 0 radical (unpaired) electrons. The van der Waals surface area contributed by atoms with E-state index in [1.165, 1.54) is 12.1 Å². The average molecular weight is 552 g/mol. The van der Waals surface area contributed by atoms with Crippen molar-refractivity contribution in [3.63, 3.8) is 0 Å². The van der Waals surface area contributed by atoms with Crippen LogP contribution in [0.15, 0.2) is 40.1 Å². The maximum Gasteiger partial charge on any atom is 0.194 e. The van der Waals surface area contributed by atoms with Gasteiger partial charge in [0.25, 0.3) is 0 Å². The van der Waals surface area contributed by atoms with Gasteiger partial charge in [0.05, 0.1) is 25.9 Å². The minimum atomic E-state index is -0.266. The molecule has 27 heavy (non-hydrogen) atoms. The number of hydrogen-bond acceptors (Lipinski definition) is 3. The van der Waals surface area contributed by atoms with Crippen molar-refractivity contribution in [2.45, 2.75) is 19.6 Å². The van der Waals surface area contributed by atoms with E-state index in [1.54, 1.807) is 4.68 Å². The first-order valence-corrected chi connectivity index (χ1v) is 9.43. The number of guanidine groups is 1. The molecule has 2 aromatic rings. The zero-order valence-corrected chi connectivity index (χ0v) is 19.3. The topological polar surface area (TPSA) is 54.7 Å². The Morgan fingerprint density at radius 3 is 2.93 bits per heavy atom. The van der Waals surface area contributed by atoms with Gasteiger partial charge >= 0.3 is 0 Å². The molecule has 1 aliphatic rings. The van der Waals surface area contributed by atoms with E-state index in [0.717, 1.165) is 34.6 Å². The van der Waals surface area contributed by atoms with E-state index in [4.69, 9.17) is 9.73 Å². The lowest BCUT2D eigenvalue weighted by atomic mass is 10.1. The van der Waals surface area contributed by atoms with E-state index >= 15 is 0 Å². The van der Waals surface area contributed by atoms with Gasteiger partial charge in [-0.25, -0.2) is 9.38 Å². The Balaban J connectivity index is 0.00000261. The first-order chi connectivity index (χ1) is 12.5. The number of aromatic nitrogens is 2. The number of aryl methyl sites for hydroxylation is 1. The largest absolute Gasteiger partial charge is 0.370 e. The van der Waals surface area contributed by atoms with Crippen LogP contribution < -0.4 is 5.32 Å². The fourth-order valence-electron chi connectivity index (χ4n) is 2.94. The minimum Gasteiger partial charge on any atom is -0.370 e. The molecule has 0 aliphatic carbocycles. The van der Waals surface area contributed by atoms with Crippen molar-refractivity contribution >= 4 is 45.9 Å². The fraction of sp³-hybridized carbons (Fsp3) is 0.444. The van der Waals surface area contributed by atoms with Crippen LogP contribution in [-0.2, 0) is 18.3 Å². The zero-order chi connectivity index (χ0) is 18.5. The quantitative estimate of drug-likeness (QED) is 0.359. The summed E-state index contributed by atoms with van der Waals surface area (Å²) in [6.45, 7) is 5.29. The molecule has 6 nitrogen and oxygen atoms in total. The van der Waals surface area contributed by atoms with Crippen LogP contribution in [0.2, 0.25) is 0 Å². The van der Waals surface area contributed by atoms with Gasteiger partial charge < -0.3 is 15.0 Å². The second-order valence-electron chi connectivity index (χ2n) is 6.20. The molecule has 9 heteroatoms. The van der Waals surface area contributed by atoms with Gasteiger partial charge in [-0.05, 0) is 30.7 Å². The molecule has 1 atom stereocenters. The summed E-state index contributed by atoms with van der Waals surface area (Å²) in [7, 11) is 1.90. The molecule has 1 unspecified atom stereocenters. The molecule has 0 spiro atoms. The molecule has 148 valence electrons. The second kappa shape index (κ2) is 10.4. The predicted molar refractivity (Wildman–Crippen MR) is 118 cm³/mol. The lowest BCUT2D eigenvalue weighted by Crippen LogP contribution is -2.48. The van der Waals surface area contributed by atoms with Gasteiger partial charge in [-0.3, -0.25) is 4.68 Å². The average Bonchev–Trinajstić information content (AvgIpc) is 3.04. The standard InChI is InChI=1S/C18H23BrFN5O.HI/c1-3-21-18(22-9-13-6-15(19)8-16(20)7-13)25-4-5-26-17(12-25)14-10-23-24(2)11-14;/h6-8,10-11,17H,3-5,9,12H2,1-2H3,(H,21,22);1H. The van der Waals surface area contributed by atoms with Gasteiger partial charge in [-0.15, -0.1) is 24.0 Å². The van der Waals surface area contributed by atoms with Crippen LogP contribution in [0.1, 0.15) is 24.2 Å². The first kappa shape index (κ1) is 22.1. The van der Waals surface area contributed by atoms with Crippen LogP contribution in [0.25, 0.3) is 0 Å². The Bertz CT molecular complexity index is 765. The van der Waals surface area contributed by atoms with Crippen LogP contribution in [0, 0.1) is 5.82 Å². The number of halogens is 3. The summed E-state index contributed by atoms with van der Waals surface area (Å²) in [5.41, 5.74) is 1.88. The third kappa shape index (κ3) is 6.15. The van der Waals surface area contributed by atoms with Crippen molar-refractivity contribution in [3.8, 4) is 0 Å². The monoisotopic (exact) mass is 551 g/mol. The highest BCUT2D eigenvalue weighted by molar-refractivity contribution is 14.0. The number of aliphatic imine (C=N–C) groups is 1. The SMILES string of the molecule is CCNC(=NCc1cc(F)cc(Br)c1)N1CCOC(c2cnn(C)c2)C1.I. The van der Waals surface area contributed by atoms with Gasteiger partial charge in [0, 0.05) is 36.4 Å². The molecule has 1 saturated heterocycles. The molecule has 0 saturated carbocycles. The van der Waals surface area contributed by atoms with Crippen molar-refractivity contribution in [2.75, 3.05) is 26.2 Å². The van der Waals surface area contributed by atoms with E-state index in [0.29, 0.717) is 19.7 Å². The smallest absolute Gasteiger partial charge is 0.194 e. The van der Waals surface area contributed by atoms with Crippen LogP contribution in [0.5, 0.6) is 0 Å². The zero-order valence-electron chi connectivity index (χ0n) is 15.4. The van der Waals surface area contributed by atoms with E-state index in [9.17, 15) is 4.39 Å². The van der Waals surface area contributed by atoms with Crippen LogP contribution in [0.4, 0.5) is 4.39 Å². The van der Waals surface area contributed by atoms with Crippen LogP contribution >= 0.6 is 39.9 Å². The van der Waals surface area contributed by atoms with Crippen molar-refractivity contribution in [3.05, 3.63) is 52.0 Å². The number of rotatable bonds is 4. The number of hydrogen-bond donors (Lipinski definition) is 1. The lowest BCUT2D eigenvalue weighted by molar-refractivity contribution is -0.00805. The highest BCUT2D eigenvalue weighted by Crippen LogP contribution is 2.22. The Morgan fingerprint density at radius 2 is 2.26 bits per heavy atom. The number of ether oxygens (including phenoxy) is 1. The van der Waals surface area contributed by atoms with Gasteiger partial charge in [0.1, 0.15) is 11.9 Å². The summed E-state index contributed by atoms with van der Waals surface area (Å²) in [6.07, 6.45) is 3.77. The third-order valence-corrected chi connectivity index (χ3v) is 4.59. The number of nitrogens with one attached hydrogen (secondary N) is 1. The second-order valence-corrected chi connectivity index (χ2v) is 7.12. The van der Waals surface area contributed by atoms with Crippen molar-refractivity contribution in [2.24, 2.45) is 12.0 Å². The molecule has 1 N–H and O–H groups in total. The van der Waals surface area contributed by atoms with Crippen molar-refractivity contribution < 1.29 is 9.13 Å². The molecule has 0 bridgehead atoms. The molecular formula is C18H24BrFIN5O. The molecular weight excluding hydrogens is 528 g/mol. The molecule has 0 amide bonds. The molecule has 1 aromatic heterocycles. The lowest BCUT2D eigenvalue weighted by Gasteiger charge is -2.34. The molecule has 1 aromatic carbocycles. The summed E-state index contributed by atoms with van der Waals surface area (Å²) >= 11 is 3.32. The Morgan fingerprint density at radius 1 is 1.44 bits per heavy atom. The molecule has 1 aliphatic heterocycles. The van der Waals surface area contributed by atoms with Crippen molar-refractivity contribution in [1.82, 2.24) is 20.0 Å². The first-order valence-electron chi connectivity index (χ1n) is 8.63. The van der Waals surface area contributed by atoms with Gasteiger partial charge in [0.2, 0.25) is 0 Å². The van der Waals surface area contributed by atoms with E-state index in [1.807, 2.05) is 32.4 Å². The van der Waals surface area contributed by atoms with E-state index in [-0.39, 0.29) is 35.9 Å². The summed E-state index contributed by atoms with van der Waals surface area (Å²) < 4.78 is 22.0. The molecule has 1 fully saturated rings. The highest BCUT2D eigenvalue weighted by Gasteiger charge is 2.25. The minimum absolute atomic E-state index is 0. The molecule has 2 heterocycles. The summed E-state index contributed by atoms with van der Waals surface area (Å²) in [4.78, 5) is 6.87. The van der Waals surface area contributed by atoms with Crippen molar-refractivity contribution in [1.29, 1.82) is 0 Å². The summed E-state index contributed by atoms with van der Waals surface area (Å²) in [6, 6.07) is 4.84. The Hall–Kier alpha value is -1.20. The molecule has 3 rings (SSSR count). The third-order valence-electron chi connectivity index (χ3n) is 4.13. The maximum atomic E-state index is 13.6. The summed E-state index contributed by atoms with van der Waals surface area (Å²) in [5.74, 6) is 0.544. The van der Waals surface area contributed by atoms with E-state index in [2.05, 4.69) is 31.2 Å². The number of morpholine rings is 1. The van der Waals surface area contributed by atoms with Crippen LogP contribution in [-0.4, -0.2) is 46.9 Å². The maximum absolute atomic E-state index is 13.6. The van der Waals surface area contributed by atoms with Crippen LogP contribution in [0.3, 0.4) is 0 Å².